The molecule has 3 aliphatic rings. The van der Waals surface area contributed by atoms with E-state index in [1.807, 2.05) is 15.9 Å². The molecule has 2 saturated heterocycles. The molecule has 146 valence electrons. The van der Waals surface area contributed by atoms with Crippen LogP contribution in [0.25, 0.3) is 0 Å². The Morgan fingerprint density at radius 1 is 1.15 bits per heavy atom. The van der Waals surface area contributed by atoms with Gasteiger partial charge in [-0.25, -0.2) is 9.18 Å². The van der Waals surface area contributed by atoms with Crippen LogP contribution in [0.4, 0.5) is 9.18 Å². The fourth-order valence-corrected chi connectivity index (χ4v) is 4.37. The lowest BCUT2D eigenvalue weighted by molar-refractivity contribution is -0.128. The maximum atomic E-state index is 13.3. The number of rotatable bonds is 5. The molecule has 3 amide bonds. The van der Waals surface area contributed by atoms with Gasteiger partial charge in [0, 0.05) is 44.6 Å². The summed E-state index contributed by atoms with van der Waals surface area (Å²) in [5, 5.41) is 3.03. The molecule has 4 rings (SSSR count). The van der Waals surface area contributed by atoms with Gasteiger partial charge in [-0.05, 0) is 55.7 Å². The molecule has 0 spiro atoms. The largest absolute Gasteiger partial charge is 0.339 e. The number of benzene rings is 1. The first-order valence-electron chi connectivity index (χ1n) is 10.1. The van der Waals surface area contributed by atoms with Gasteiger partial charge in [0.1, 0.15) is 5.82 Å². The van der Waals surface area contributed by atoms with Crippen molar-refractivity contribution in [1.82, 2.24) is 15.1 Å². The van der Waals surface area contributed by atoms with Crippen molar-refractivity contribution >= 4 is 11.9 Å². The number of urea groups is 1. The predicted molar refractivity (Wildman–Crippen MR) is 101 cm³/mol. The number of piperidine rings is 1. The standard InChI is InChI=1S/C21H28FN3O2/c22-18-3-1-2-16(11-18)10-15-6-8-24(9-7-15)21(27)23-13-17-12-20(26)25(14-17)19-4-5-19/h1-3,11,15,17,19H,4-10,12-14H2,(H,23,27). The van der Waals surface area contributed by atoms with Gasteiger partial charge in [0.05, 0.1) is 0 Å². The summed E-state index contributed by atoms with van der Waals surface area (Å²) >= 11 is 0. The molecule has 0 bridgehead atoms. The maximum absolute atomic E-state index is 13.3. The van der Waals surface area contributed by atoms with Crippen molar-refractivity contribution in [3.8, 4) is 0 Å². The summed E-state index contributed by atoms with van der Waals surface area (Å²) in [5.74, 6) is 0.799. The van der Waals surface area contributed by atoms with Crippen LogP contribution in [0.15, 0.2) is 24.3 Å². The van der Waals surface area contributed by atoms with Gasteiger partial charge in [0.15, 0.2) is 0 Å². The van der Waals surface area contributed by atoms with Crippen LogP contribution < -0.4 is 5.32 Å². The second kappa shape index (κ2) is 7.87. The lowest BCUT2D eigenvalue weighted by Crippen LogP contribution is -2.46. The van der Waals surface area contributed by atoms with Gasteiger partial charge >= 0.3 is 6.03 Å². The van der Waals surface area contributed by atoms with Crippen molar-refractivity contribution < 1.29 is 14.0 Å². The first-order chi connectivity index (χ1) is 13.1. The van der Waals surface area contributed by atoms with Crippen LogP contribution in [-0.2, 0) is 11.2 Å². The number of carbonyl (C=O) groups is 2. The Hall–Kier alpha value is -2.11. The Bertz CT molecular complexity index is 698. The van der Waals surface area contributed by atoms with Crippen LogP contribution in [0.3, 0.4) is 0 Å². The summed E-state index contributed by atoms with van der Waals surface area (Å²) in [5.41, 5.74) is 1.03. The van der Waals surface area contributed by atoms with Crippen LogP contribution in [0.5, 0.6) is 0 Å². The molecule has 3 fully saturated rings. The monoisotopic (exact) mass is 373 g/mol. The second-order valence-electron chi connectivity index (χ2n) is 8.30. The summed E-state index contributed by atoms with van der Waals surface area (Å²) in [4.78, 5) is 28.3. The summed E-state index contributed by atoms with van der Waals surface area (Å²) < 4.78 is 13.3. The molecule has 1 saturated carbocycles. The number of nitrogens with one attached hydrogen (secondary N) is 1. The molecule has 1 aliphatic carbocycles. The highest BCUT2D eigenvalue weighted by Crippen LogP contribution is 2.32. The number of hydrogen-bond donors (Lipinski definition) is 1. The maximum Gasteiger partial charge on any atom is 0.317 e. The highest BCUT2D eigenvalue weighted by atomic mass is 19.1. The second-order valence-corrected chi connectivity index (χ2v) is 8.30. The molecule has 2 heterocycles. The van der Waals surface area contributed by atoms with Gasteiger partial charge < -0.3 is 15.1 Å². The lowest BCUT2D eigenvalue weighted by Gasteiger charge is -2.32. The summed E-state index contributed by atoms with van der Waals surface area (Å²) in [6, 6.07) is 7.25. The van der Waals surface area contributed by atoms with Crippen molar-refractivity contribution in [1.29, 1.82) is 0 Å². The van der Waals surface area contributed by atoms with E-state index in [0.717, 1.165) is 57.3 Å². The van der Waals surface area contributed by atoms with Gasteiger partial charge in [-0.15, -0.1) is 0 Å². The van der Waals surface area contributed by atoms with Gasteiger partial charge in [-0.1, -0.05) is 12.1 Å². The van der Waals surface area contributed by atoms with Crippen LogP contribution in [0, 0.1) is 17.7 Å². The van der Waals surface area contributed by atoms with Gasteiger partial charge in [0.25, 0.3) is 0 Å². The molecule has 1 N–H and O–H groups in total. The van der Waals surface area contributed by atoms with Crippen LogP contribution in [-0.4, -0.2) is 54.0 Å². The zero-order valence-electron chi connectivity index (χ0n) is 15.7. The molecule has 6 heteroatoms. The number of nitrogens with zero attached hydrogens (tertiary/aromatic N) is 2. The van der Waals surface area contributed by atoms with E-state index in [1.54, 1.807) is 12.1 Å². The Balaban J connectivity index is 1.18. The number of halogens is 1. The highest BCUT2D eigenvalue weighted by molar-refractivity contribution is 5.79. The summed E-state index contributed by atoms with van der Waals surface area (Å²) in [6.07, 6.45) is 5.59. The number of likely N-dealkylation sites (tertiary alicyclic amines) is 2. The van der Waals surface area contributed by atoms with Crippen molar-refractivity contribution in [2.75, 3.05) is 26.2 Å². The van der Waals surface area contributed by atoms with Crippen LogP contribution >= 0.6 is 0 Å². The molecular formula is C21H28FN3O2. The zero-order valence-corrected chi connectivity index (χ0v) is 15.7. The number of hydrogen-bond acceptors (Lipinski definition) is 2. The fraction of sp³-hybridized carbons (Fsp3) is 0.619. The molecule has 1 atom stereocenters. The molecule has 0 radical (unpaired) electrons. The third kappa shape index (κ3) is 4.60. The third-order valence-electron chi connectivity index (χ3n) is 6.08. The quantitative estimate of drug-likeness (QED) is 0.863. The highest BCUT2D eigenvalue weighted by Gasteiger charge is 2.39. The number of amides is 3. The SMILES string of the molecule is O=C(NCC1CC(=O)N(C2CC2)C1)N1CCC(Cc2cccc(F)c2)CC1. The van der Waals surface area contributed by atoms with Gasteiger partial charge in [-0.3, -0.25) is 4.79 Å². The van der Waals surface area contributed by atoms with E-state index in [-0.39, 0.29) is 23.7 Å². The van der Waals surface area contributed by atoms with E-state index < -0.39 is 0 Å². The molecule has 27 heavy (non-hydrogen) atoms. The minimum Gasteiger partial charge on any atom is -0.339 e. The van der Waals surface area contributed by atoms with Crippen molar-refractivity contribution in [3.63, 3.8) is 0 Å². The summed E-state index contributed by atoms with van der Waals surface area (Å²) in [6.45, 7) is 2.85. The molecule has 1 unspecified atom stereocenters. The normalized spacial score (nSPS) is 23.7. The minimum atomic E-state index is -0.185. The average Bonchev–Trinajstić information content (AvgIpc) is 3.43. The van der Waals surface area contributed by atoms with E-state index in [4.69, 9.17) is 0 Å². The van der Waals surface area contributed by atoms with Crippen LogP contribution in [0.2, 0.25) is 0 Å². The van der Waals surface area contributed by atoms with Crippen molar-refractivity contribution in [3.05, 3.63) is 35.6 Å². The number of carbonyl (C=O) groups excluding carboxylic acids is 2. The van der Waals surface area contributed by atoms with E-state index in [9.17, 15) is 14.0 Å². The smallest absolute Gasteiger partial charge is 0.317 e. The van der Waals surface area contributed by atoms with Crippen LogP contribution in [0.1, 0.15) is 37.7 Å². The molecular weight excluding hydrogens is 345 g/mol. The average molecular weight is 373 g/mol. The fourth-order valence-electron chi connectivity index (χ4n) is 4.37. The van der Waals surface area contributed by atoms with Gasteiger partial charge in [-0.2, -0.15) is 0 Å². The first-order valence-corrected chi connectivity index (χ1v) is 10.1. The Morgan fingerprint density at radius 3 is 2.63 bits per heavy atom. The zero-order chi connectivity index (χ0) is 18.8. The van der Waals surface area contributed by atoms with Crippen molar-refractivity contribution in [2.24, 2.45) is 11.8 Å². The minimum absolute atomic E-state index is 0.0171. The predicted octanol–water partition coefficient (Wildman–Crippen LogP) is 2.80. The van der Waals surface area contributed by atoms with Gasteiger partial charge in [0.2, 0.25) is 5.91 Å². The van der Waals surface area contributed by atoms with E-state index in [2.05, 4.69) is 5.32 Å². The Labute approximate surface area is 159 Å². The van der Waals surface area contributed by atoms with E-state index >= 15 is 0 Å². The molecule has 2 aliphatic heterocycles. The summed E-state index contributed by atoms with van der Waals surface area (Å²) in [7, 11) is 0. The third-order valence-corrected chi connectivity index (χ3v) is 6.08. The molecule has 5 nitrogen and oxygen atoms in total. The molecule has 1 aromatic carbocycles. The molecule has 1 aromatic rings. The Morgan fingerprint density at radius 2 is 1.93 bits per heavy atom. The lowest BCUT2D eigenvalue weighted by atomic mass is 9.90. The van der Waals surface area contributed by atoms with E-state index in [1.165, 1.54) is 6.07 Å². The van der Waals surface area contributed by atoms with E-state index in [0.29, 0.717) is 24.9 Å². The molecule has 0 aromatic heterocycles. The Kier molecular flexibility index (Phi) is 5.32. The van der Waals surface area contributed by atoms with Crippen molar-refractivity contribution in [2.45, 2.75) is 44.6 Å². The first kappa shape index (κ1) is 18.3. The topological polar surface area (TPSA) is 52.7 Å².